The van der Waals surface area contributed by atoms with Crippen molar-refractivity contribution in [1.82, 2.24) is 19.9 Å². The van der Waals surface area contributed by atoms with Crippen LogP contribution in [0.3, 0.4) is 0 Å². The Balaban J connectivity index is 0.000000153. The van der Waals surface area contributed by atoms with E-state index in [9.17, 15) is 10.0 Å². The number of halogens is 2. The summed E-state index contributed by atoms with van der Waals surface area (Å²) in [6.07, 6.45) is 2.95. The van der Waals surface area contributed by atoms with Gasteiger partial charge in [-0.3, -0.25) is 0 Å². The molecule has 0 aliphatic rings. The lowest BCUT2D eigenvalue weighted by Crippen LogP contribution is -2.29. The minimum absolute atomic E-state index is 0.366. The molecule has 0 aliphatic heterocycles. The van der Waals surface area contributed by atoms with Crippen LogP contribution in [0.4, 0.5) is 0 Å². The largest absolute Gasteiger partial charge is 0.488 e. The van der Waals surface area contributed by atoms with Gasteiger partial charge >= 0.3 is 7.12 Å². The molecule has 354 valence electrons. The smallest absolute Gasteiger partial charge is 0.455 e. The molecule has 5 heterocycles. The molecule has 0 saturated heterocycles. The topological polar surface area (TPSA) is 118 Å². The Morgan fingerprint density at radius 2 is 0.824 bits per heavy atom. The summed E-state index contributed by atoms with van der Waals surface area (Å²) < 4.78 is 15.1. The second-order valence-corrected chi connectivity index (χ2v) is 19.3. The summed E-state index contributed by atoms with van der Waals surface area (Å²) in [6, 6.07) is 71.6. The first-order valence-electron chi connectivity index (χ1n) is 23.7. The van der Waals surface area contributed by atoms with Gasteiger partial charge in [0.25, 0.3) is 0 Å². The summed E-state index contributed by atoms with van der Waals surface area (Å²) >= 11 is 12.6. The Bertz CT molecular complexity index is 4190. The van der Waals surface area contributed by atoms with Crippen molar-refractivity contribution in [3.63, 3.8) is 0 Å². The minimum Gasteiger partial charge on any atom is -0.455 e. The SMILES string of the molecule is Clc1cc(Cl)ncn1.OB(O)c1cccc(-c2cccc3c2sc2ccccc23)c1.c1cc(-c2cc(-c3cccc(-c4cccc5c4oc4ccccc45)c3)ncn2)cc(-c2cccc3c2oc2ccccc23)c1. The van der Waals surface area contributed by atoms with Gasteiger partial charge in [-0.05, 0) is 64.1 Å². The summed E-state index contributed by atoms with van der Waals surface area (Å²) in [5.41, 5.74) is 14.2. The van der Waals surface area contributed by atoms with Crippen LogP contribution in [0.25, 0.3) is 120 Å². The van der Waals surface area contributed by atoms with Crippen LogP contribution in [0.15, 0.2) is 234 Å². The van der Waals surface area contributed by atoms with Crippen LogP contribution in [0, 0.1) is 0 Å². The van der Waals surface area contributed by atoms with Crippen LogP contribution < -0.4 is 5.46 Å². The molecule has 0 bridgehead atoms. The quantitative estimate of drug-likeness (QED) is 0.125. The fraction of sp³-hybridized carbons (Fsp3) is 0. The predicted molar refractivity (Wildman–Crippen MR) is 305 cm³/mol. The monoisotopic (exact) mass is 1020 g/mol. The second kappa shape index (κ2) is 20.2. The molecule has 2 N–H and O–H groups in total. The molecule has 14 rings (SSSR count). The lowest BCUT2D eigenvalue weighted by molar-refractivity contribution is 0.426. The number of fused-ring (bicyclic) bond motifs is 9. The Kier molecular flexibility index (Phi) is 12.7. The van der Waals surface area contributed by atoms with E-state index < -0.39 is 7.12 Å². The molecule has 9 aromatic carbocycles. The van der Waals surface area contributed by atoms with Gasteiger partial charge in [0.1, 0.15) is 45.3 Å². The van der Waals surface area contributed by atoms with Gasteiger partial charge in [-0.1, -0.05) is 193 Å². The van der Waals surface area contributed by atoms with E-state index in [-0.39, 0.29) is 0 Å². The van der Waals surface area contributed by atoms with E-state index in [1.54, 1.807) is 23.7 Å². The first kappa shape index (κ1) is 46.6. The van der Waals surface area contributed by atoms with Crippen molar-refractivity contribution in [2.75, 3.05) is 0 Å². The molecule has 0 unspecified atom stereocenters. The van der Waals surface area contributed by atoms with E-state index in [2.05, 4.69) is 166 Å². The molecule has 0 saturated carbocycles. The number of aromatic nitrogens is 4. The fourth-order valence-electron chi connectivity index (χ4n) is 9.47. The van der Waals surface area contributed by atoms with E-state index in [1.165, 1.54) is 32.6 Å². The molecule has 0 aliphatic carbocycles. The van der Waals surface area contributed by atoms with Crippen LogP contribution >= 0.6 is 34.5 Å². The summed E-state index contributed by atoms with van der Waals surface area (Å²) in [6.45, 7) is 0. The average Bonchev–Trinajstić information content (AvgIpc) is 4.15. The van der Waals surface area contributed by atoms with Gasteiger partial charge in [-0.2, -0.15) is 0 Å². The zero-order chi connectivity index (χ0) is 50.1. The molecule has 74 heavy (non-hydrogen) atoms. The third kappa shape index (κ3) is 9.17. The highest BCUT2D eigenvalue weighted by Crippen LogP contribution is 2.41. The van der Waals surface area contributed by atoms with E-state index in [4.69, 9.17) is 32.0 Å². The third-order valence-corrected chi connectivity index (χ3v) is 14.5. The summed E-state index contributed by atoms with van der Waals surface area (Å²) in [5.74, 6) is 0. The van der Waals surface area contributed by atoms with Crippen molar-refractivity contribution < 1.29 is 18.9 Å². The van der Waals surface area contributed by atoms with Gasteiger partial charge in [0.05, 0.1) is 11.4 Å². The molecule has 0 spiro atoms. The van der Waals surface area contributed by atoms with Gasteiger partial charge in [-0.15, -0.1) is 11.3 Å². The van der Waals surface area contributed by atoms with Crippen molar-refractivity contribution in [2.45, 2.75) is 0 Å². The van der Waals surface area contributed by atoms with Crippen molar-refractivity contribution >= 4 is 111 Å². The number of furan rings is 2. The van der Waals surface area contributed by atoms with E-state index in [1.807, 2.05) is 54.6 Å². The number of para-hydroxylation sites is 4. The molecule has 0 radical (unpaired) electrons. The number of nitrogens with zero attached hydrogens (tertiary/aromatic N) is 4. The Labute approximate surface area is 438 Å². The summed E-state index contributed by atoms with van der Waals surface area (Å²) in [7, 11) is -1.44. The zero-order valence-corrected chi connectivity index (χ0v) is 41.4. The van der Waals surface area contributed by atoms with Crippen LogP contribution in [-0.4, -0.2) is 37.1 Å². The van der Waals surface area contributed by atoms with E-state index in [0.29, 0.717) is 15.8 Å². The fourth-order valence-corrected chi connectivity index (χ4v) is 11.1. The molecule has 5 aromatic heterocycles. The zero-order valence-electron chi connectivity index (χ0n) is 39.1. The number of rotatable bonds is 6. The highest BCUT2D eigenvalue weighted by Gasteiger charge is 2.17. The van der Waals surface area contributed by atoms with Crippen molar-refractivity contribution in [1.29, 1.82) is 0 Å². The first-order chi connectivity index (χ1) is 36.3. The molecule has 8 nitrogen and oxygen atoms in total. The maximum absolute atomic E-state index is 9.38. The first-order valence-corrected chi connectivity index (χ1v) is 25.2. The number of hydrogen-bond acceptors (Lipinski definition) is 9. The maximum Gasteiger partial charge on any atom is 0.488 e. The number of hydrogen-bond donors (Lipinski definition) is 2. The van der Waals surface area contributed by atoms with Crippen molar-refractivity contribution in [3.05, 3.63) is 235 Å². The van der Waals surface area contributed by atoms with Gasteiger partial charge in [0, 0.05) is 70.0 Å². The molecular formula is C62H39BCl2N4O4S. The Hall–Kier alpha value is -8.48. The third-order valence-electron chi connectivity index (χ3n) is 12.9. The van der Waals surface area contributed by atoms with Crippen LogP contribution in [0.1, 0.15) is 0 Å². The van der Waals surface area contributed by atoms with Gasteiger partial charge in [-0.25, -0.2) is 19.9 Å². The van der Waals surface area contributed by atoms with Crippen LogP contribution in [0.2, 0.25) is 10.3 Å². The minimum atomic E-state index is -1.44. The van der Waals surface area contributed by atoms with Crippen LogP contribution in [0.5, 0.6) is 0 Å². The second-order valence-electron chi connectivity index (χ2n) is 17.5. The standard InChI is InChI=1S/C40H24N2O2.C18H13BO2S.C4H2Cl2N2/c1-3-19-37-31(13-1)33-17-7-15-29(39(33)43-37)25-9-5-11-27(21-25)35-23-36(42-24-41-35)28-12-6-10-26(22-28)30-16-8-18-34-32-14-2-4-20-38(32)44-40(30)34;20-19(21)13-6-3-5-12(11-13)14-8-4-9-16-15-7-1-2-10-17(15)22-18(14)16;5-3-1-4(6)8-2-7-3/h1-24H;1-11,20-21H;1-2H. The molecule has 0 amide bonds. The van der Waals surface area contributed by atoms with Crippen LogP contribution in [-0.2, 0) is 0 Å². The normalized spacial score (nSPS) is 11.2. The molecule has 0 fully saturated rings. The van der Waals surface area contributed by atoms with E-state index in [0.717, 1.165) is 99.8 Å². The number of benzene rings is 9. The molecule has 14 aromatic rings. The van der Waals surface area contributed by atoms with E-state index >= 15 is 0 Å². The lowest BCUT2D eigenvalue weighted by Gasteiger charge is -2.09. The molecule has 0 atom stereocenters. The Morgan fingerprint density at radius 1 is 0.378 bits per heavy atom. The van der Waals surface area contributed by atoms with Gasteiger partial charge < -0.3 is 18.9 Å². The van der Waals surface area contributed by atoms with Crippen molar-refractivity contribution in [3.8, 4) is 55.9 Å². The molecular weight excluding hydrogens is 978 g/mol. The summed E-state index contributed by atoms with van der Waals surface area (Å²) in [5, 5.41) is 26.5. The highest BCUT2D eigenvalue weighted by molar-refractivity contribution is 7.26. The number of thiophene rings is 1. The predicted octanol–water partition coefficient (Wildman–Crippen LogP) is 16.1. The van der Waals surface area contributed by atoms with Gasteiger partial charge in [0.15, 0.2) is 0 Å². The highest BCUT2D eigenvalue weighted by atomic mass is 35.5. The average molecular weight is 1020 g/mol. The summed E-state index contributed by atoms with van der Waals surface area (Å²) in [4.78, 5) is 16.5. The van der Waals surface area contributed by atoms with Crippen molar-refractivity contribution in [2.24, 2.45) is 0 Å². The Morgan fingerprint density at radius 3 is 1.38 bits per heavy atom. The maximum atomic E-state index is 9.38. The van der Waals surface area contributed by atoms with Gasteiger partial charge in [0.2, 0.25) is 0 Å². The lowest BCUT2D eigenvalue weighted by atomic mass is 9.79. The molecule has 12 heteroatoms.